The van der Waals surface area contributed by atoms with Crippen molar-refractivity contribution in [2.75, 3.05) is 39.4 Å². The maximum Gasteiger partial charge on any atom is 0.233 e. The molecule has 3 rings (SSSR count). The SMILES string of the molecule is Cc1nnc([C@H](C)N2CCCC[C@H]2CN2CCOCC2)o1. The van der Waals surface area contributed by atoms with E-state index in [0.29, 0.717) is 11.9 Å². The fourth-order valence-electron chi connectivity index (χ4n) is 3.43. The van der Waals surface area contributed by atoms with Crippen LogP contribution in [0.4, 0.5) is 0 Å². The molecule has 118 valence electrons. The summed E-state index contributed by atoms with van der Waals surface area (Å²) < 4.78 is 11.1. The van der Waals surface area contributed by atoms with E-state index < -0.39 is 0 Å². The highest BCUT2D eigenvalue weighted by Crippen LogP contribution is 2.28. The van der Waals surface area contributed by atoms with Crippen LogP contribution in [0, 0.1) is 6.92 Å². The highest BCUT2D eigenvalue weighted by molar-refractivity contribution is 4.93. The van der Waals surface area contributed by atoms with Gasteiger partial charge in [0, 0.05) is 32.6 Å². The van der Waals surface area contributed by atoms with Gasteiger partial charge in [0.15, 0.2) is 0 Å². The zero-order valence-electron chi connectivity index (χ0n) is 13.1. The number of aromatic nitrogens is 2. The van der Waals surface area contributed by atoms with Crippen molar-refractivity contribution in [1.29, 1.82) is 0 Å². The monoisotopic (exact) mass is 294 g/mol. The van der Waals surface area contributed by atoms with Crippen molar-refractivity contribution in [2.24, 2.45) is 0 Å². The third-order valence-corrected chi connectivity index (χ3v) is 4.64. The van der Waals surface area contributed by atoms with Crippen LogP contribution in [0.15, 0.2) is 4.42 Å². The second kappa shape index (κ2) is 6.85. The minimum absolute atomic E-state index is 0.206. The molecule has 6 heteroatoms. The summed E-state index contributed by atoms with van der Waals surface area (Å²) in [7, 11) is 0. The van der Waals surface area contributed by atoms with Crippen molar-refractivity contribution < 1.29 is 9.15 Å². The summed E-state index contributed by atoms with van der Waals surface area (Å²) in [6, 6.07) is 0.789. The van der Waals surface area contributed by atoms with E-state index >= 15 is 0 Å². The quantitative estimate of drug-likeness (QED) is 0.841. The molecule has 0 aliphatic carbocycles. The molecule has 21 heavy (non-hydrogen) atoms. The highest BCUT2D eigenvalue weighted by atomic mass is 16.5. The van der Waals surface area contributed by atoms with E-state index in [0.717, 1.165) is 45.3 Å². The normalized spacial score (nSPS) is 26.9. The Balaban J connectivity index is 1.65. The number of aryl methyl sites for hydroxylation is 1. The summed E-state index contributed by atoms with van der Waals surface area (Å²) in [6.07, 6.45) is 3.84. The van der Waals surface area contributed by atoms with Crippen LogP contribution in [-0.2, 0) is 4.74 Å². The Kier molecular flexibility index (Phi) is 4.87. The molecule has 0 spiro atoms. The molecule has 0 bridgehead atoms. The average Bonchev–Trinajstić information content (AvgIpc) is 2.95. The van der Waals surface area contributed by atoms with E-state index in [1.54, 1.807) is 0 Å². The van der Waals surface area contributed by atoms with Gasteiger partial charge in [-0.25, -0.2) is 0 Å². The molecule has 0 saturated carbocycles. The third kappa shape index (κ3) is 3.62. The molecule has 0 radical (unpaired) electrons. The van der Waals surface area contributed by atoms with Crippen LogP contribution in [0.2, 0.25) is 0 Å². The molecule has 0 amide bonds. The number of morpholine rings is 1. The molecule has 2 aliphatic rings. The molecule has 0 N–H and O–H groups in total. The lowest BCUT2D eigenvalue weighted by molar-refractivity contribution is 0.00636. The first kappa shape index (κ1) is 14.9. The van der Waals surface area contributed by atoms with Crippen molar-refractivity contribution in [1.82, 2.24) is 20.0 Å². The van der Waals surface area contributed by atoms with Crippen molar-refractivity contribution in [3.63, 3.8) is 0 Å². The molecule has 6 nitrogen and oxygen atoms in total. The van der Waals surface area contributed by atoms with Gasteiger partial charge < -0.3 is 9.15 Å². The molecule has 0 aromatic carbocycles. The van der Waals surface area contributed by atoms with Gasteiger partial charge in [-0.15, -0.1) is 10.2 Å². The van der Waals surface area contributed by atoms with Gasteiger partial charge in [-0.3, -0.25) is 9.80 Å². The zero-order valence-corrected chi connectivity index (χ0v) is 13.1. The van der Waals surface area contributed by atoms with Crippen LogP contribution in [0.5, 0.6) is 0 Å². The molecule has 1 aromatic heterocycles. The standard InChI is InChI=1S/C15H26N4O2/c1-12(15-17-16-13(2)21-15)19-6-4-3-5-14(19)11-18-7-9-20-10-8-18/h12,14H,3-11H2,1-2H3/t12-,14-/m0/s1. The summed E-state index contributed by atoms with van der Waals surface area (Å²) in [5.41, 5.74) is 0. The van der Waals surface area contributed by atoms with Gasteiger partial charge in [-0.1, -0.05) is 6.42 Å². The summed E-state index contributed by atoms with van der Waals surface area (Å²) in [5.74, 6) is 1.40. The second-order valence-electron chi connectivity index (χ2n) is 6.14. The average molecular weight is 294 g/mol. The smallest absolute Gasteiger partial charge is 0.233 e. The van der Waals surface area contributed by atoms with Gasteiger partial charge in [-0.2, -0.15) is 0 Å². The van der Waals surface area contributed by atoms with Crippen molar-refractivity contribution >= 4 is 0 Å². The lowest BCUT2D eigenvalue weighted by Gasteiger charge is -2.41. The summed E-state index contributed by atoms with van der Waals surface area (Å²) in [5, 5.41) is 8.18. The van der Waals surface area contributed by atoms with E-state index in [2.05, 4.69) is 26.9 Å². The molecule has 2 saturated heterocycles. The number of ether oxygens (including phenoxy) is 1. The largest absolute Gasteiger partial charge is 0.424 e. The van der Waals surface area contributed by atoms with Crippen molar-refractivity contribution in [3.05, 3.63) is 11.8 Å². The van der Waals surface area contributed by atoms with E-state index in [1.165, 1.54) is 19.3 Å². The van der Waals surface area contributed by atoms with Gasteiger partial charge in [-0.05, 0) is 26.3 Å². The molecule has 1 aromatic rings. The summed E-state index contributed by atoms with van der Waals surface area (Å²) in [6.45, 7) is 10.1. The van der Waals surface area contributed by atoms with Crippen LogP contribution in [0.25, 0.3) is 0 Å². The minimum atomic E-state index is 0.206. The Morgan fingerprint density at radius 3 is 2.71 bits per heavy atom. The van der Waals surface area contributed by atoms with E-state index in [9.17, 15) is 0 Å². The minimum Gasteiger partial charge on any atom is -0.424 e. The van der Waals surface area contributed by atoms with Crippen LogP contribution >= 0.6 is 0 Å². The number of likely N-dealkylation sites (tertiary alicyclic amines) is 1. The van der Waals surface area contributed by atoms with Gasteiger partial charge in [0.1, 0.15) is 0 Å². The van der Waals surface area contributed by atoms with Crippen LogP contribution in [-0.4, -0.2) is 65.4 Å². The molecular formula is C15H26N4O2. The number of nitrogens with zero attached hydrogens (tertiary/aromatic N) is 4. The number of hydrogen-bond acceptors (Lipinski definition) is 6. The summed E-state index contributed by atoms with van der Waals surface area (Å²) >= 11 is 0. The maximum atomic E-state index is 5.64. The maximum absolute atomic E-state index is 5.64. The highest BCUT2D eigenvalue weighted by Gasteiger charge is 2.31. The topological polar surface area (TPSA) is 54.6 Å². The van der Waals surface area contributed by atoms with Gasteiger partial charge in [0.25, 0.3) is 0 Å². The van der Waals surface area contributed by atoms with Gasteiger partial charge in [0.05, 0.1) is 19.3 Å². The molecule has 2 aliphatic heterocycles. The van der Waals surface area contributed by atoms with Crippen LogP contribution in [0.3, 0.4) is 0 Å². The first-order valence-electron chi connectivity index (χ1n) is 8.10. The summed E-state index contributed by atoms with van der Waals surface area (Å²) in [4.78, 5) is 5.07. The molecule has 2 atom stereocenters. The fourth-order valence-corrected chi connectivity index (χ4v) is 3.43. The Morgan fingerprint density at radius 2 is 2.00 bits per heavy atom. The molecule has 2 fully saturated rings. The number of rotatable bonds is 4. The number of piperidine rings is 1. The van der Waals surface area contributed by atoms with Gasteiger partial charge >= 0.3 is 0 Å². The molecule has 3 heterocycles. The van der Waals surface area contributed by atoms with E-state index in [4.69, 9.17) is 9.15 Å². The van der Waals surface area contributed by atoms with Crippen molar-refractivity contribution in [3.8, 4) is 0 Å². The Labute approximate surface area is 126 Å². The lowest BCUT2D eigenvalue weighted by atomic mass is 9.99. The zero-order chi connectivity index (χ0) is 14.7. The number of hydrogen-bond donors (Lipinski definition) is 0. The van der Waals surface area contributed by atoms with Crippen LogP contribution in [0.1, 0.15) is 44.0 Å². The van der Waals surface area contributed by atoms with Crippen LogP contribution < -0.4 is 0 Å². The first-order valence-corrected chi connectivity index (χ1v) is 8.10. The van der Waals surface area contributed by atoms with E-state index in [1.807, 2.05) is 6.92 Å². The predicted molar refractivity (Wildman–Crippen MR) is 79.1 cm³/mol. The van der Waals surface area contributed by atoms with E-state index in [-0.39, 0.29) is 6.04 Å². The predicted octanol–water partition coefficient (Wildman–Crippen LogP) is 1.63. The third-order valence-electron chi connectivity index (χ3n) is 4.64. The fraction of sp³-hybridized carbons (Fsp3) is 0.867. The Bertz CT molecular complexity index is 445. The second-order valence-corrected chi connectivity index (χ2v) is 6.14. The molecular weight excluding hydrogens is 268 g/mol. The first-order chi connectivity index (χ1) is 10.2. The lowest BCUT2D eigenvalue weighted by Crippen LogP contribution is -2.50. The Hall–Kier alpha value is -0.980. The van der Waals surface area contributed by atoms with Crippen molar-refractivity contribution in [2.45, 2.75) is 45.2 Å². The van der Waals surface area contributed by atoms with Gasteiger partial charge in [0.2, 0.25) is 11.8 Å². The Morgan fingerprint density at radius 1 is 1.19 bits per heavy atom. The molecule has 0 unspecified atom stereocenters.